The monoisotopic (exact) mass is 335 g/mol. The average molecular weight is 336 g/mol. The Morgan fingerprint density at radius 3 is 2.70 bits per heavy atom. The van der Waals surface area contributed by atoms with Crippen LogP contribution in [0.15, 0.2) is 16.9 Å². The Morgan fingerprint density at radius 1 is 1.30 bits per heavy atom. The van der Waals surface area contributed by atoms with Crippen molar-refractivity contribution in [3.63, 3.8) is 0 Å². The number of benzene rings is 1. The second-order valence-electron chi connectivity index (χ2n) is 5.76. The lowest BCUT2D eigenvalue weighted by Crippen LogP contribution is -2.40. The van der Waals surface area contributed by atoms with Gasteiger partial charge in [0.25, 0.3) is 11.5 Å². The summed E-state index contributed by atoms with van der Waals surface area (Å²) in [6, 6.07) is 3.63. The van der Waals surface area contributed by atoms with Gasteiger partial charge in [0, 0.05) is 23.7 Å². The van der Waals surface area contributed by atoms with Crippen LogP contribution in [0.5, 0.6) is 5.75 Å². The molecule has 1 aliphatic heterocycles. The highest BCUT2D eigenvalue weighted by Crippen LogP contribution is 2.26. The van der Waals surface area contributed by atoms with Gasteiger partial charge in [-0.2, -0.15) is 0 Å². The number of aryl methyl sites for hydroxylation is 2. The number of nitrogens with one attached hydrogen (secondary N) is 2. The molecule has 0 atom stereocenters. The molecule has 3 rings (SSSR count). The lowest BCUT2D eigenvalue weighted by Gasteiger charge is -2.26. The fourth-order valence-electron chi connectivity index (χ4n) is 2.76. The van der Waals surface area contributed by atoms with E-state index in [9.17, 15) is 9.59 Å². The SMILES string of the molecule is Cc1cc(OCC(=O)N2CCc3[nH][nH]c(=O)c3C2)cc(C)c1Cl. The zero-order valence-corrected chi connectivity index (χ0v) is 13.8. The first-order valence-corrected chi connectivity index (χ1v) is 7.79. The summed E-state index contributed by atoms with van der Waals surface area (Å²) in [6.07, 6.45) is 0.638. The summed E-state index contributed by atoms with van der Waals surface area (Å²) < 4.78 is 5.59. The zero-order chi connectivity index (χ0) is 16.6. The van der Waals surface area contributed by atoms with Crippen LogP contribution in [-0.4, -0.2) is 34.2 Å². The van der Waals surface area contributed by atoms with E-state index in [0.29, 0.717) is 35.8 Å². The van der Waals surface area contributed by atoms with Crippen molar-refractivity contribution in [1.29, 1.82) is 0 Å². The molecular weight excluding hydrogens is 318 g/mol. The van der Waals surface area contributed by atoms with E-state index in [1.54, 1.807) is 4.90 Å². The minimum atomic E-state index is -0.164. The summed E-state index contributed by atoms with van der Waals surface area (Å²) in [5, 5.41) is 6.10. The van der Waals surface area contributed by atoms with Gasteiger partial charge in [-0.1, -0.05) is 11.6 Å². The van der Waals surface area contributed by atoms with E-state index < -0.39 is 0 Å². The molecule has 2 N–H and O–H groups in total. The van der Waals surface area contributed by atoms with Crippen molar-refractivity contribution in [2.24, 2.45) is 0 Å². The van der Waals surface area contributed by atoms with Crippen LogP contribution in [-0.2, 0) is 17.8 Å². The van der Waals surface area contributed by atoms with Crippen molar-refractivity contribution in [1.82, 2.24) is 15.1 Å². The largest absolute Gasteiger partial charge is 0.484 e. The lowest BCUT2D eigenvalue weighted by atomic mass is 10.1. The summed E-state index contributed by atoms with van der Waals surface area (Å²) in [4.78, 5) is 25.6. The van der Waals surface area contributed by atoms with Crippen molar-refractivity contribution in [2.45, 2.75) is 26.8 Å². The standard InChI is InChI=1S/C16H18ClN3O3/c1-9-5-11(6-10(2)15(9)17)23-8-14(21)20-4-3-13-12(7-20)16(22)19-18-13/h5-6H,3-4,7-8H2,1-2H3,(H2,18,19,22). The number of halogens is 1. The molecule has 6 nitrogen and oxygen atoms in total. The van der Waals surface area contributed by atoms with E-state index in [4.69, 9.17) is 16.3 Å². The maximum atomic E-state index is 12.3. The van der Waals surface area contributed by atoms with Crippen LogP contribution in [0.3, 0.4) is 0 Å². The van der Waals surface area contributed by atoms with Gasteiger partial charge in [0.05, 0.1) is 12.1 Å². The highest BCUT2D eigenvalue weighted by molar-refractivity contribution is 6.32. The second kappa shape index (κ2) is 6.12. The van der Waals surface area contributed by atoms with Gasteiger partial charge in [-0.3, -0.25) is 14.7 Å². The normalized spacial score (nSPS) is 13.8. The van der Waals surface area contributed by atoms with Crippen molar-refractivity contribution in [2.75, 3.05) is 13.2 Å². The first-order chi connectivity index (χ1) is 11.0. The topological polar surface area (TPSA) is 78.2 Å². The Kier molecular flexibility index (Phi) is 4.17. The molecule has 1 amide bonds. The number of carbonyl (C=O) groups excluding carboxylic acids is 1. The maximum Gasteiger partial charge on any atom is 0.269 e. The molecule has 0 saturated carbocycles. The number of aromatic amines is 2. The number of hydrogen-bond acceptors (Lipinski definition) is 3. The molecule has 1 aliphatic rings. The molecule has 0 fully saturated rings. The number of aromatic nitrogens is 2. The van der Waals surface area contributed by atoms with Crippen molar-refractivity contribution in [3.05, 3.63) is 49.9 Å². The van der Waals surface area contributed by atoms with Gasteiger partial charge in [-0.05, 0) is 37.1 Å². The van der Waals surface area contributed by atoms with Gasteiger partial charge in [-0.15, -0.1) is 0 Å². The summed E-state index contributed by atoms with van der Waals surface area (Å²) in [5.41, 5.74) is 3.17. The van der Waals surface area contributed by atoms with Gasteiger partial charge in [0.1, 0.15) is 5.75 Å². The number of amides is 1. The van der Waals surface area contributed by atoms with Crippen LogP contribution in [0.25, 0.3) is 0 Å². The van der Waals surface area contributed by atoms with Gasteiger partial charge in [0.15, 0.2) is 6.61 Å². The molecular formula is C16H18ClN3O3. The van der Waals surface area contributed by atoms with Gasteiger partial charge in [-0.25, -0.2) is 0 Å². The van der Waals surface area contributed by atoms with Crippen LogP contribution >= 0.6 is 11.6 Å². The summed E-state index contributed by atoms with van der Waals surface area (Å²) in [6.45, 7) is 4.62. The van der Waals surface area contributed by atoms with Crippen molar-refractivity contribution < 1.29 is 9.53 Å². The Bertz CT molecular complexity index is 786. The van der Waals surface area contributed by atoms with Gasteiger partial charge in [0.2, 0.25) is 0 Å². The van der Waals surface area contributed by atoms with Gasteiger partial charge >= 0.3 is 0 Å². The highest BCUT2D eigenvalue weighted by Gasteiger charge is 2.24. The number of fused-ring (bicyclic) bond motifs is 1. The van der Waals surface area contributed by atoms with Crippen LogP contribution in [0, 0.1) is 13.8 Å². The van der Waals surface area contributed by atoms with E-state index in [2.05, 4.69) is 10.2 Å². The average Bonchev–Trinajstić information content (AvgIpc) is 2.91. The Hall–Kier alpha value is -2.21. The molecule has 122 valence electrons. The summed E-state index contributed by atoms with van der Waals surface area (Å²) in [5.74, 6) is 0.483. The fraction of sp³-hybridized carbons (Fsp3) is 0.375. The molecule has 2 aromatic rings. The molecule has 0 radical (unpaired) electrons. The smallest absolute Gasteiger partial charge is 0.269 e. The third kappa shape index (κ3) is 3.12. The molecule has 1 aromatic heterocycles. The highest BCUT2D eigenvalue weighted by atomic mass is 35.5. The summed E-state index contributed by atoms with van der Waals surface area (Å²) in [7, 11) is 0. The molecule has 0 unspecified atom stereocenters. The third-order valence-electron chi connectivity index (χ3n) is 4.07. The number of ether oxygens (including phenoxy) is 1. The molecule has 23 heavy (non-hydrogen) atoms. The first-order valence-electron chi connectivity index (χ1n) is 7.41. The second-order valence-corrected chi connectivity index (χ2v) is 6.14. The van der Waals surface area contributed by atoms with E-state index in [1.807, 2.05) is 26.0 Å². The Balaban J connectivity index is 1.64. The predicted octanol–water partition coefficient (Wildman–Crippen LogP) is 1.94. The van der Waals surface area contributed by atoms with Crippen LogP contribution in [0.1, 0.15) is 22.4 Å². The number of H-pyrrole nitrogens is 2. The van der Waals surface area contributed by atoms with E-state index in [1.165, 1.54) is 0 Å². The molecule has 0 aliphatic carbocycles. The molecule has 1 aromatic carbocycles. The number of carbonyl (C=O) groups is 1. The Labute approximate surface area is 138 Å². The zero-order valence-electron chi connectivity index (χ0n) is 13.0. The lowest BCUT2D eigenvalue weighted by molar-refractivity contribution is -0.134. The minimum Gasteiger partial charge on any atom is -0.484 e. The maximum absolute atomic E-state index is 12.3. The third-order valence-corrected chi connectivity index (χ3v) is 4.67. The number of nitrogens with zero attached hydrogens (tertiary/aromatic N) is 1. The summed E-state index contributed by atoms with van der Waals surface area (Å²) >= 11 is 6.12. The van der Waals surface area contributed by atoms with Gasteiger partial charge < -0.3 is 14.7 Å². The van der Waals surface area contributed by atoms with Crippen molar-refractivity contribution >= 4 is 17.5 Å². The molecule has 0 spiro atoms. The molecule has 0 bridgehead atoms. The quantitative estimate of drug-likeness (QED) is 0.899. The predicted molar refractivity (Wildman–Crippen MR) is 87.0 cm³/mol. The van der Waals surface area contributed by atoms with Crippen LogP contribution < -0.4 is 10.3 Å². The Morgan fingerprint density at radius 2 is 2.00 bits per heavy atom. The van der Waals surface area contributed by atoms with E-state index in [0.717, 1.165) is 16.8 Å². The number of rotatable bonds is 3. The minimum absolute atomic E-state index is 0.0574. The molecule has 7 heteroatoms. The number of hydrogen-bond donors (Lipinski definition) is 2. The van der Waals surface area contributed by atoms with Crippen LogP contribution in [0.2, 0.25) is 5.02 Å². The molecule has 2 heterocycles. The fourth-order valence-corrected chi connectivity index (χ4v) is 2.87. The first kappa shape index (κ1) is 15.7. The molecule has 0 saturated heterocycles. The van der Waals surface area contributed by atoms with E-state index in [-0.39, 0.29) is 18.1 Å². The van der Waals surface area contributed by atoms with Crippen molar-refractivity contribution in [3.8, 4) is 5.75 Å². The van der Waals surface area contributed by atoms with Crippen LogP contribution in [0.4, 0.5) is 0 Å². The van der Waals surface area contributed by atoms with E-state index >= 15 is 0 Å².